The van der Waals surface area contributed by atoms with Gasteiger partial charge in [-0.15, -0.1) is 22.0 Å². The summed E-state index contributed by atoms with van der Waals surface area (Å²) in [5.41, 5.74) is 2.22. The molecule has 0 aliphatic rings. The number of benzene rings is 2. The van der Waals surface area contributed by atoms with Gasteiger partial charge in [0.15, 0.2) is 0 Å². The fraction of sp³-hybridized carbons (Fsp3) is 0.118. The van der Waals surface area contributed by atoms with Gasteiger partial charge in [0.25, 0.3) is 0 Å². The molecule has 0 saturated carbocycles. The molecule has 3 aromatic rings. The molecule has 23 heavy (non-hydrogen) atoms. The molecular weight excluding hydrogens is 326 g/mol. The number of anilines is 1. The highest BCUT2D eigenvalue weighted by Crippen LogP contribution is 2.26. The minimum atomic E-state index is -0.0540. The number of amides is 1. The third-order valence-corrected chi connectivity index (χ3v) is 4.93. The van der Waals surface area contributed by atoms with Crippen molar-refractivity contribution in [2.75, 3.05) is 11.1 Å². The van der Waals surface area contributed by atoms with Crippen LogP contribution in [0.15, 0.2) is 60.7 Å². The smallest absolute Gasteiger partial charge is 0.236 e. The topological polar surface area (TPSA) is 54.9 Å². The molecule has 0 saturated heterocycles. The van der Waals surface area contributed by atoms with E-state index in [-0.39, 0.29) is 5.91 Å². The molecule has 0 atom stereocenters. The van der Waals surface area contributed by atoms with E-state index in [9.17, 15) is 4.79 Å². The third kappa shape index (κ3) is 4.64. The number of hydrogen-bond donors (Lipinski definition) is 1. The largest absolute Gasteiger partial charge is 0.300 e. The van der Waals surface area contributed by atoms with Gasteiger partial charge >= 0.3 is 0 Å². The summed E-state index contributed by atoms with van der Waals surface area (Å²) in [7, 11) is 0. The van der Waals surface area contributed by atoms with Gasteiger partial charge in [-0.25, -0.2) is 0 Å². The van der Waals surface area contributed by atoms with E-state index in [1.165, 1.54) is 16.9 Å². The first-order chi connectivity index (χ1) is 11.3. The summed E-state index contributed by atoms with van der Waals surface area (Å²) in [5, 5.41) is 12.3. The van der Waals surface area contributed by atoms with Gasteiger partial charge in [-0.2, -0.15) is 0 Å². The quantitative estimate of drug-likeness (QED) is 0.734. The van der Waals surface area contributed by atoms with E-state index in [0.29, 0.717) is 10.9 Å². The maximum atomic E-state index is 12.0. The van der Waals surface area contributed by atoms with Crippen molar-refractivity contribution in [3.63, 3.8) is 0 Å². The maximum Gasteiger partial charge on any atom is 0.236 e. The molecule has 6 heteroatoms. The van der Waals surface area contributed by atoms with Crippen LogP contribution in [0.3, 0.4) is 0 Å². The zero-order valence-corrected chi connectivity index (χ0v) is 13.9. The van der Waals surface area contributed by atoms with Crippen molar-refractivity contribution in [1.29, 1.82) is 0 Å². The molecule has 0 radical (unpaired) electrons. The Balaban J connectivity index is 1.49. The standard InChI is InChI=1S/C17H15N3OS2/c21-15(12-22-11-13-7-3-1-4-8-13)18-17-20-19-16(23-17)14-9-5-2-6-10-14/h1-10H,11-12H2,(H,18,20,21). The molecular formula is C17H15N3OS2. The molecule has 0 fully saturated rings. The van der Waals surface area contributed by atoms with Crippen LogP contribution in [-0.4, -0.2) is 21.9 Å². The van der Waals surface area contributed by atoms with E-state index < -0.39 is 0 Å². The molecule has 116 valence electrons. The van der Waals surface area contributed by atoms with Gasteiger partial charge in [0, 0.05) is 11.3 Å². The summed E-state index contributed by atoms with van der Waals surface area (Å²) in [6, 6.07) is 19.9. The number of aromatic nitrogens is 2. The van der Waals surface area contributed by atoms with Crippen LogP contribution in [0.4, 0.5) is 5.13 Å². The second kappa shape index (κ2) is 7.89. The molecule has 0 bridgehead atoms. The van der Waals surface area contributed by atoms with E-state index in [1.807, 2.05) is 48.5 Å². The van der Waals surface area contributed by atoms with Crippen LogP contribution in [0.1, 0.15) is 5.56 Å². The Morgan fingerprint density at radius 1 is 1.00 bits per heavy atom. The summed E-state index contributed by atoms with van der Waals surface area (Å²) in [6.07, 6.45) is 0. The van der Waals surface area contributed by atoms with Gasteiger partial charge in [0.2, 0.25) is 11.0 Å². The Labute approximate surface area is 143 Å². The second-order valence-corrected chi connectivity index (χ2v) is 6.77. The summed E-state index contributed by atoms with van der Waals surface area (Å²) in [6.45, 7) is 0. The van der Waals surface area contributed by atoms with E-state index >= 15 is 0 Å². The molecule has 0 aliphatic carbocycles. The Morgan fingerprint density at radius 2 is 1.70 bits per heavy atom. The Morgan fingerprint density at radius 3 is 2.43 bits per heavy atom. The first-order valence-electron chi connectivity index (χ1n) is 7.12. The van der Waals surface area contributed by atoms with Crippen LogP contribution in [0.5, 0.6) is 0 Å². The number of thioether (sulfide) groups is 1. The summed E-state index contributed by atoms with van der Waals surface area (Å²) in [4.78, 5) is 12.0. The number of carbonyl (C=O) groups excluding carboxylic acids is 1. The van der Waals surface area contributed by atoms with Gasteiger partial charge in [-0.1, -0.05) is 72.0 Å². The molecule has 1 aromatic heterocycles. The van der Waals surface area contributed by atoms with Crippen molar-refractivity contribution in [3.05, 3.63) is 66.2 Å². The highest BCUT2D eigenvalue weighted by molar-refractivity contribution is 7.99. The molecule has 0 aliphatic heterocycles. The van der Waals surface area contributed by atoms with Gasteiger partial charge in [-0.3, -0.25) is 10.1 Å². The lowest BCUT2D eigenvalue weighted by molar-refractivity contribution is -0.113. The Hall–Kier alpha value is -2.18. The third-order valence-electron chi connectivity index (χ3n) is 3.04. The molecule has 4 nitrogen and oxygen atoms in total. The highest BCUT2D eigenvalue weighted by Gasteiger charge is 2.09. The van der Waals surface area contributed by atoms with Gasteiger partial charge in [0.05, 0.1) is 5.75 Å². The zero-order valence-electron chi connectivity index (χ0n) is 12.3. The average Bonchev–Trinajstić information content (AvgIpc) is 3.05. The fourth-order valence-electron chi connectivity index (χ4n) is 1.96. The van der Waals surface area contributed by atoms with Crippen LogP contribution in [0, 0.1) is 0 Å². The predicted molar refractivity (Wildman–Crippen MR) is 96.6 cm³/mol. The number of nitrogens with one attached hydrogen (secondary N) is 1. The summed E-state index contributed by atoms with van der Waals surface area (Å²) >= 11 is 2.96. The van der Waals surface area contributed by atoms with Crippen molar-refractivity contribution in [3.8, 4) is 10.6 Å². The SMILES string of the molecule is O=C(CSCc1ccccc1)Nc1nnc(-c2ccccc2)s1. The number of hydrogen-bond acceptors (Lipinski definition) is 5. The van der Waals surface area contributed by atoms with Crippen LogP contribution >= 0.6 is 23.1 Å². The monoisotopic (exact) mass is 341 g/mol. The lowest BCUT2D eigenvalue weighted by Crippen LogP contribution is -2.13. The van der Waals surface area contributed by atoms with Crippen LogP contribution in [0.25, 0.3) is 10.6 Å². The minimum absolute atomic E-state index is 0.0540. The van der Waals surface area contributed by atoms with E-state index in [1.54, 1.807) is 11.8 Å². The molecule has 1 N–H and O–H groups in total. The lowest BCUT2D eigenvalue weighted by atomic mass is 10.2. The number of rotatable bonds is 6. The van der Waals surface area contributed by atoms with Crippen molar-refractivity contribution in [2.24, 2.45) is 0 Å². The minimum Gasteiger partial charge on any atom is -0.300 e. The van der Waals surface area contributed by atoms with Crippen molar-refractivity contribution < 1.29 is 4.79 Å². The molecule has 2 aromatic carbocycles. The predicted octanol–water partition coefficient (Wildman–Crippen LogP) is 4.08. The van der Waals surface area contributed by atoms with E-state index in [2.05, 4.69) is 27.6 Å². The summed E-state index contributed by atoms with van der Waals surface area (Å²) in [5.74, 6) is 1.16. The van der Waals surface area contributed by atoms with Gasteiger partial charge < -0.3 is 0 Å². The highest BCUT2D eigenvalue weighted by atomic mass is 32.2. The van der Waals surface area contributed by atoms with Crippen molar-refractivity contribution >= 4 is 34.1 Å². The number of carbonyl (C=O) groups is 1. The Bertz CT molecular complexity index is 760. The molecule has 1 amide bonds. The van der Waals surface area contributed by atoms with Crippen molar-refractivity contribution in [2.45, 2.75) is 5.75 Å². The maximum absolute atomic E-state index is 12.0. The first-order valence-corrected chi connectivity index (χ1v) is 9.09. The van der Waals surface area contributed by atoms with E-state index in [0.717, 1.165) is 16.3 Å². The molecule has 1 heterocycles. The lowest BCUT2D eigenvalue weighted by Gasteiger charge is -2.02. The van der Waals surface area contributed by atoms with Crippen LogP contribution in [-0.2, 0) is 10.5 Å². The van der Waals surface area contributed by atoms with E-state index in [4.69, 9.17) is 0 Å². The normalized spacial score (nSPS) is 10.4. The number of nitrogens with zero attached hydrogens (tertiary/aromatic N) is 2. The zero-order chi connectivity index (χ0) is 15.9. The molecule has 0 spiro atoms. The molecule has 0 unspecified atom stereocenters. The van der Waals surface area contributed by atoms with Crippen LogP contribution in [0.2, 0.25) is 0 Å². The summed E-state index contributed by atoms with van der Waals surface area (Å²) < 4.78 is 0. The average molecular weight is 341 g/mol. The van der Waals surface area contributed by atoms with Crippen LogP contribution < -0.4 is 5.32 Å². The molecule has 3 rings (SSSR count). The fourth-order valence-corrected chi connectivity index (χ4v) is 3.52. The van der Waals surface area contributed by atoms with Crippen molar-refractivity contribution in [1.82, 2.24) is 10.2 Å². The van der Waals surface area contributed by atoms with Gasteiger partial charge in [-0.05, 0) is 5.56 Å². The first kappa shape index (κ1) is 15.7. The second-order valence-electron chi connectivity index (χ2n) is 4.80. The van der Waals surface area contributed by atoms with Gasteiger partial charge in [0.1, 0.15) is 5.01 Å². The Kier molecular flexibility index (Phi) is 5.39.